The standard InChI is InChI=1S/C29H28N4.C18H14N4.C17H12N4.C16H11N5.C14H14N4.C12H10N4.6Ir/c1-20(2)24-16-11-17-25(21(3)4)27(24)26-18-30-28-29(31-26)33(23-14-9-6-10-15-23)19-32(28)22-12-7-5-8-13-22;1-14-7-5-6-10-16(14)22-13-21(15-8-3-2-4-9-15)18-17(22)11-19-12-20-18;1-3-7-14(8-4-1)20-13-21(15-9-5-2-6-10-15)17-16(20)11-18-12-19-17;1-2-4-13(5-3-1)21-12-20(14-6-8-17-9-7-14)15-10-18-11-19-16(15)21;1-11(2)17-10-18(12-6-4-3-5-7-12)14-13(17)8-15-9-16-14;1-15-9-16(10-5-3-2-4-6-10)12-11(15)7-13-8-14-12;;;;;;/h5-14,16-21H,1-4H3;2-8,10-13H,1H3;1-9,11-13H;1-4,6-12H;3-6,8-11H,1-2H3;2-5,7-9H,1H3;;;;;;/q6*-2;;;;;;. The van der Waals surface area contributed by atoms with Crippen molar-refractivity contribution in [3.63, 3.8) is 0 Å². The zero-order valence-electron chi connectivity index (χ0n) is 75.2. The van der Waals surface area contributed by atoms with Crippen molar-refractivity contribution in [2.75, 3.05) is 65.8 Å². The van der Waals surface area contributed by atoms with Crippen LogP contribution >= 0.6 is 0 Å². The third kappa shape index (κ3) is 23.1. The topological polar surface area (TPSA) is 206 Å². The van der Waals surface area contributed by atoms with Crippen LogP contribution in [-0.4, -0.2) is 77.9 Å². The van der Waals surface area contributed by atoms with Gasteiger partial charge in [-0.05, 0) is 105 Å². The molecule has 10 aromatic carbocycles. The molecule has 0 amide bonds. The number of nitrogens with zero attached hydrogens (tertiary/aromatic N) is 25. The van der Waals surface area contributed by atoms with Crippen LogP contribution in [0.25, 0.3) is 11.3 Å². The van der Waals surface area contributed by atoms with Crippen LogP contribution in [0.3, 0.4) is 0 Å². The minimum atomic E-state index is 0. The van der Waals surface area contributed by atoms with Gasteiger partial charge in [-0.15, -0.1) is 67.5 Å². The maximum atomic E-state index is 5.21. The van der Waals surface area contributed by atoms with E-state index in [9.17, 15) is 0 Å². The van der Waals surface area contributed by atoms with Gasteiger partial charge in [-0.1, -0.05) is 100 Å². The van der Waals surface area contributed by atoms with Crippen molar-refractivity contribution in [1.29, 1.82) is 0 Å². The summed E-state index contributed by atoms with van der Waals surface area (Å²) in [4.78, 5) is 81.4. The summed E-state index contributed by atoms with van der Waals surface area (Å²) in [5, 5.41) is 0. The first-order chi connectivity index (χ1) is 64.4. The Morgan fingerprint density at radius 3 is 0.993 bits per heavy atom. The van der Waals surface area contributed by atoms with Gasteiger partial charge in [0.1, 0.15) is 72.4 Å². The molecule has 7 aromatic heterocycles. The van der Waals surface area contributed by atoms with Gasteiger partial charge in [0.05, 0.1) is 71.3 Å². The second-order valence-corrected chi connectivity index (χ2v) is 31.3. The summed E-state index contributed by atoms with van der Waals surface area (Å²) >= 11 is 0. The molecule has 6 aliphatic rings. The van der Waals surface area contributed by atoms with Gasteiger partial charge < -0.3 is 58.8 Å². The quantitative estimate of drug-likeness (QED) is 0.0928. The number of hydrogen-bond donors (Lipinski definition) is 0. The van der Waals surface area contributed by atoms with Crippen LogP contribution < -0.4 is 58.8 Å². The van der Waals surface area contributed by atoms with E-state index in [0.29, 0.717) is 17.9 Å². The van der Waals surface area contributed by atoms with E-state index in [1.165, 1.54) is 22.3 Å². The minimum absolute atomic E-state index is 0. The van der Waals surface area contributed by atoms with Gasteiger partial charge in [-0.2, -0.15) is 189 Å². The second-order valence-electron chi connectivity index (χ2n) is 31.3. The molecule has 704 valence electrons. The molecule has 0 N–H and O–H groups in total. The SMILES string of the molecule is CC(C)N1[CH-]N(c2[c-]cccc2)c2ncncc21.CC(C)c1cccc(C(C)C)c1-c1cnc2c(n1)N(c1[c-]cccc1)[CH-]N2c1ccccc1.CN1[CH-]N(c2[c-]cccc2)c2ncncc21.Cc1ccccc1N1[CH-]N(c2[c-]cccc2)c2ncncc21.[Ir].[Ir].[Ir].[Ir].[Ir].[Ir].[c-]1ccccc1N1[CH-]N(c2ccccc2)c2cncnc21.[c-]1ccccc1N1[CH-]N(c2ccncc2)c2cncnc21. The number of aryl methyl sites for hydroxylation is 1. The van der Waals surface area contributed by atoms with Gasteiger partial charge in [0.2, 0.25) is 0 Å². The first-order valence-corrected chi connectivity index (χ1v) is 42.8. The van der Waals surface area contributed by atoms with Crippen molar-refractivity contribution >= 4 is 126 Å². The Kier molecular flexibility index (Phi) is 36.8. The summed E-state index contributed by atoms with van der Waals surface area (Å²) in [7, 11) is 1.98. The molecular weight excluding hydrogens is 2780 g/mol. The molecule has 0 saturated heterocycles. The molecule has 137 heavy (non-hydrogen) atoms. The smallest absolute Gasteiger partial charge is 0.145 e. The molecule has 17 aromatic rings. The van der Waals surface area contributed by atoms with E-state index in [0.717, 1.165) is 132 Å². The second kappa shape index (κ2) is 48.9. The fraction of sp³-hybridized carbons (Fsp3) is 0.104. The number of fused-ring (bicyclic) bond motifs is 6. The summed E-state index contributed by atoms with van der Waals surface area (Å²) in [5.74, 6) is 6.75. The summed E-state index contributed by atoms with van der Waals surface area (Å²) in [5.41, 5.74) is 20.8. The zero-order valence-corrected chi connectivity index (χ0v) is 89.6. The van der Waals surface area contributed by atoms with E-state index in [2.05, 4.69) is 225 Å². The van der Waals surface area contributed by atoms with Crippen LogP contribution in [0.1, 0.15) is 70.1 Å². The average Bonchev–Trinajstić information content (AvgIpc) is 1.37. The summed E-state index contributed by atoms with van der Waals surface area (Å²) in [6, 6.07) is 106. The summed E-state index contributed by atoms with van der Waals surface area (Å²) < 4.78 is 0. The molecule has 6 aliphatic heterocycles. The Morgan fingerprint density at radius 2 is 0.591 bits per heavy atom. The third-order valence-corrected chi connectivity index (χ3v) is 21.9. The predicted octanol–water partition coefficient (Wildman–Crippen LogP) is 23.1. The molecular formula is C106H89Ir6N25-12. The van der Waals surface area contributed by atoms with Gasteiger partial charge in [0.15, 0.2) is 0 Å². The molecule has 0 aliphatic carbocycles. The average molecular weight is 2870 g/mol. The van der Waals surface area contributed by atoms with E-state index < -0.39 is 0 Å². The largest absolute Gasteiger partial charge is 0.501 e. The van der Waals surface area contributed by atoms with Crippen LogP contribution in [0.15, 0.2) is 342 Å². The number of para-hydroxylation sites is 9. The number of benzene rings is 10. The third-order valence-electron chi connectivity index (χ3n) is 21.9. The summed E-state index contributed by atoms with van der Waals surface area (Å²) in [6.45, 7) is 27.4. The Hall–Kier alpha value is -12.7. The van der Waals surface area contributed by atoms with Crippen LogP contribution in [-0.2, 0) is 121 Å². The van der Waals surface area contributed by atoms with Crippen LogP contribution in [0.4, 0.5) is 126 Å². The first-order valence-electron chi connectivity index (χ1n) is 42.8. The van der Waals surface area contributed by atoms with E-state index in [1.54, 1.807) is 44.0 Å². The van der Waals surface area contributed by atoms with Crippen molar-refractivity contribution in [2.24, 2.45) is 0 Å². The van der Waals surface area contributed by atoms with Crippen LogP contribution in [0.5, 0.6) is 0 Å². The van der Waals surface area contributed by atoms with Crippen molar-refractivity contribution in [3.05, 3.63) is 435 Å². The van der Waals surface area contributed by atoms with E-state index in [1.807, 2.05) is 318 Å². The molecule has 31 heteroatoms. The maximum Gasteiger partial charge on any atom is 0.145 e. The van der Waals surface area contributed by atoms with Crippen molar-refractivity contribution in [3.8, 4) is 11.3 Å². The molecule has 0 saturated carbocycles. The molecule has 0 atom stereocenters. The number of anilines is 22. The number of aromatic nitrogens is 13. The fourth-order valence-electron chi connectivity index (χ4n) is 15.6. The monoisotopic (exact) mass is 2870 g/mol. The van der Waals surface area contributed by atoms with Gasteiger partial charge in [-0.3, -0.25) is 4.98 Å². The molecule has 0 unspecified atom stereocenters. The predicted molar refractivity (Wildman–Crippen MR) is 519 cm³/mol. The fourth-order valence-corrected chi connectivity index (χ4v) is 15.6. The van der Waals surface area contributed by atoms with Gasteiger partial charge in [0, 0.05) is 161 Å². The molecule has 0 fully saturated rings. The maximum absolute atomic E-state index is 5.21. The van der Waals surface area contributed by atoms with Crippen molar-refractivity contribution in [2.45, 2.75) is 66.3 Å². The van der Waals surface area contributed by atoms with E-state index >= 15 is 0 Å². The van der Waals surface area contributed by atoms with E-state index in [-0.39, 0.29) is 121 Å². The number of hydrogen-bond acceptors (Lipinski definition) is 25. The van der Waals surface area contributed by atoms with Crippen molar-refractivity contribution in [1.82, 2.24) is 64.8 Å². The van der Waals surface area contributed by atoms with Crippen molar-refractivity contribution < 1.29 is 121 Å². The molecule has 0 spiro atoms. The molecule has 13 heterocycles. The zero-order chi connectivity index (χ0) is 89.5. The Bertz CT molecular complexity index is 6350. The summed E-state index contributed by atoms with van der Waals surface area (Å²) in [6.07, 6.45) is 22.4. The Balaban J connectivity index is 0.000000148. The normalized spacial score (nSPS) is 12.9. The molecule has 6 radical (unpaired) electrons. The Labute approximate surface area is 881 Å². The van der Waals surface area contributed by atoms with Gasteiger partial charge >= 0.3 is 0 Å². The molecule has 0 bridgehead atoms. The first kappa shape index (κ1) is 103. The van der Waals surface area contributed by atoms with E-state index in [4.69, 9.17) is 9.97 Å². The number of pyridine rings is 1. The molecule has 25 nitrogen and oxygen atoms in total. The van der Waals surface area contributed by atoms with Crippen LogP contribution in [0, 0.1) is 83.3 Å². The molecule has 23 rings (SSSR count). The minimum Gasteiger partial charge on any atom is -0.501 e. The van der Waals surface area contributed by atoms with Crippen LogP contribution in [0.2, 0.25) is 0 Å². The van der Waals surface area contributed by atoms with Gasteiger partial charge in [-0.25, -0.2) is 59.8 Å². The number of rotatable bonds is 14. The van der Waals surface area contributed by atoms with Gasteiger partial charge in [0.25, 0.3) is 0 Å². The Morgan fingerprint density at radius 1 is 0.263 bits per heavy atom.